The first-order chi connectivity index (χ1) is 14.8. The molecule has 0 aliphatic carbocycles. The summed E-state index contributed by atoms with van der Waals surface area (Å²) in [6, 6.07) is 12.7. The highest BCUT2D eigenvalue weighted by Crippen LogP contribution is 2.30. The van der Waals surface area contributed by atoms with Gasteiger partial charge in [0.2, 0.25) is 15.9 Å². The molecule has 0 saturated carbocycles. The van der Waals surface area contributed by atoms with E-state index in [1.165, 1.54) is 38.1 Å². The lowest BCUT2D eigenvalue weighted by Crippen LogP contribution is -2.40. The first-order valence-corrected chi connectivity index (χ1v) is 12.4. The number of hydrogen-bond donors (Lipinski definition) is 1. The Hall–Kier alpha value is -2.45. The quantitative estimate of drug-likeness (QED) is 0.646. The van der Waals surface area contributed by atoms with Crippen molar-refractivity contribution in [1.82, 2.24) is 5.32 Å². The Kier molecular flexibility index (Phi) is 7.67. The number of anilines is 2. The summed E-state index contributed by atoms with van der Waals surface area (Å²) in [6.45, 7) is 2.13. The van der Waals surface area contributed by atoms with E-state index in [0.29, 0.717) is 18.0 Å². The maximum absolute atomic E-state index is 12.5. The number of nitrogens with one attached hydrogen (secondary N) is 1. The molecule has 1 aliphatic rings. The summed E-state index contributed by atoms with van der Waals surface area (Å²) in [5.41, 5.74) is 2.44. The minimum atomic E-state index is -3.68. The van der Waals surface area contributed by atoms with E-state index < -0.39 is 15.9 Å². The topological polar surface area (TPSA) is 79.0 Å². The molecule has 1 fully saturated rings. The first kappa shape index (κ1) is 23.2. The van der Waals surface area contributed by atoms with Crippen molar-refractivity contribution in [2.24, 2.45) is 0 Å². The second-order valence-corrected chi connectivity index (χ2v) is 9.89. The lowest BCUT2D eigenvalue weighted by molar-refractivity contribution is -0.119. The van der Waals surface area contributed by atoms with Gasteiger partial charge in [0, 0.05) is 25.3 Å². The van der Waals surface area contributed by atoms with Crippen molar-refractivity contribution >= 4 is 38.9 Å². The van der Waals surface area contributed by atoms with Crippen LogP contribution in [-0.2, 0) is 21.4 Å². The first-order valence-electron chi connectivity index (χ1n) is 10.2. The van der Waals surface area contributed by atoms with Gasteiger partial charge in [0.25, 0.3) is 0 Å². The predicted molar refractivity (Wildman–Crippen MR) is 125 cm³/mol. The number of carbonyl (C=O) groups excluding carboxylic acids is 1. The number of sulfonamides is 1. The molecule has 0 atom stereocenters. The van der Waals surface area contributed by atoms with Crippen LogP contribution in [0.2, 0.25) is 5.02 Å². The minimum Gasteiger partial charge on any atom is -0.495 e. The van der Waals surface area contributed by atoms with Gasteiger partial charge >= 0.3 is 0 Å². The molecule has 0 spiro atoms. The molecular formula is C22H28ClN3O4S. The summed E-state index contributed by atoms with van der Waals surface area (Å²) >= 11 is 6.12. The molecule has 1 heterocycles. The molecule has 2 aromatic rings. The van der Waals surface area contributed by atoms with Crippen LogP contribution in [0, 0.1) is 0 Å². The fraction of sp³-hybridized carbons (Fsp3) is 0.409. The van der Waals surface area contributed by atoms with Crippen LogP contribution in [0.25, 0.3) is 0 Å². The number of rotatable bonds is 8. The molecule has 0 radical (unpaired) electrons. The van der Waals surface area contributed by atoms with Crippen molar-refractivity contribution in [2.45, 2.75) is 25.8 Å². The smallest absolute Gasteiger partial charge is 0.241 e. The van der Waals surface area contributed by atoms with Gasteiger partial charge in [0.15, 0.2) is 0 Å². The Bertz CT molecular complexity index is 1010. The molecule has 0 bridgehead atoms. The standard InChI is InChI=1S/C22H28ClN3O4S/c1-30-21-11-10-19(14-20(21)23)26(31(2,28)29)16-22(27)24-15-17-6-8-18(9-7-17)25-12-4-3-5-13-25/h6-11,14H,3-5,12-13,15-16H2,1-2H3,(H,24,27). The zero-order chi connectivity index (χ0) is 22.4. The van der Waals surface area contributed by atoms with Gasteiger partial charge in [-0.2, -0.15) is 0 Å². The summed E-state index contributed by atoms with van der Waals surface area (Å²) in [5, 5.41) is 3.06. The van der Waals surface area contributed by atoms with Gasteiger partial charge in [-0.3, -0.25) is 9.10 Å². The zero-order valence-corrected chi connectivity index (χ0v) is 19.4. The number of nitrogens with zero attached hydrogens (tertiary/aromatic N) is 2. The van der Waals surface area contributed by atoms with E-state index in [1.54, 1.807) is 12.1 Å². The molecule has 168 valence electrons. The molecule has 2 aromatic carbocycles. The van der Waals surface area contributed by atoms with Crippen molar-refractivity contribution < 1.29 is 17.9 Å². The summed E-state index contributed by atoms with van der Waals surface area (Å²) in [6.07, 6.45) is 4.77. The SMILES string of the molecule is COc1ccc(N(CC(=O)NCc2ccc(N3CCCCC3)cc2)S(C)(=O)=O)cc1Cl. The Balaban J connectivity index is 1.61. The zero-order valence-electron chi connectivity index (χ0n) is 17.8. The summed E-state index contributed by atoms with van der Waals surface area (Å²) in [4.78, 5) is 14.9. The molecule has 1 amide bonds. The molecule has 1 N–H and O–H groups in total. The average Bonchev–Trinajstić information content (AvgIpc) is 2.76. The summed E-state index contributed by atoms with van der Waals surface area (Å²) in [7, 11) is -2.21. The van der Waals surface area contributed by atoms with Gasteiger partial charge in [-0.25, -0.2) is 8.42 Å². The number of carbonyl (C=O) groups is 1. The summed E-state index contributed by atoms with van der Waals surface area (Å²) < 4.78 is 30.6. The van der Waals surface area contributed by atoms with Crippen LogP contribution in [0.1, 0.15) is 24.8 Å². The van der Waals surface area contributed by atoms with Gasteiger partial charge in [0.05, 0.1) is 24.1 Å². The maximum atomic E-state index is 12.5. The fourth-order valence-electron chi connectivity index (χ4n) is 3.57. The molecule has 1 saturated heterocycles. The predicted octanol–water partition coefficient (Wildman–Crippen LogP) is 3.42. The monoisotopic (exact) mass is 465 g/mol. The number of hydrogen-bond acceptors (Lipinski definition) is 5. The van der Waals surface area contributed by atoms with E-state index >= 15 is 0 Å². The van der Waals surface area contributed by atoms with Crippen LogP contribution in [0.4, 0.5) is 11.4 Å². The van der Waals surface area contributed by atoms with Crippen molar-refractivity contribution in [3.05, 3.63) is 53.1 Å². The Morgan fingerprint density at radius 2 is 1.81 bits per heavy atom. The second-order valence-electron chi connectivity index (χ2n) is 7.58. The molecule has 9 heteroatoms. The Labute approximate surface area is 189 Å². The van der Waals surface area contributed by atoms with E-state index in [0.717, 1.165) is 29.2 Å². The van der Waals surface area contributed by atoms with Crippen molar-refractivity contribution in [3.63, 3.8) is 0 Å². The van der Waals surface area contributed by atoms with Crippen molar-refractivity contribution in [1.29, 1.82) is 0 Å². The lowest BCUT2D eigenvalue weighted by Gasteiger charge is -2.28. The third-order valence-electron chi connectivity index (χ3n) is 5.26. The Morgan fingerprint density at radius 3 is 2.39 bits per heavy atom. The van der Waals surface area contributed by atoms with E-state index in [9.17, 15) is 13.2 Å². The molecule has 31 heavy (non-hydrogen) atoms. The Morgan fingerprint density at radius 1 is 1.13 bits per heavy atom. The van der Waals surface area contributed by atoms with Gasteiger partial charge < -0.3 is 15.0 Å². The highest BCUT2D eigenvalue weighted by atomic mass is 35.5. The normalized spacial score (nSPS) is 14.2. The molecule has 0 unspecified atom stereocenters. The van der Waals surface area contributed by atoms with E-state index in [4.69, 9.17) is 16.3 Å². The largest absolute Gasteiger partial charge is 0.495 e. The van der Waals surface area contributed by atoms with Crippen molar-refractivity contribution in [3.8, 4) is 5.75 Å². The molecule has 1 aliphatic heterocycles. The third kappa shape index (κ3) is 6.27. The highest BCUT2D eigenvalue weighted by molar-refractivity contribution is 7.92. The number of halogens is 1. The molecule has 0 aromatic heterocycles. The maximum Gasteiger partial charge on any atom is 0.241 e. The second kappa shape index (κ2) is 10.2. The van der Waals surface area contributed by atoms with Gasteiger partial charge in [-0.15, -0.1) is 0 Å². The van der Waals surface area contributed by atoms with Crippen LogP contribution in [0.15, 0.2) is 42.5 Å². The minimum absolute atomic E-state index is 0.267. The van der Waals surface area contributed by atoms with E-state index in [1.807, 2.05) is 12.1 Å². The van der Waals surface area contributed by atoms with Gasteiger partial charge in [-0.05, 0) is 55.2 Å². The number of ether oxygens (including phenoxy) is 1. The number of piperidine rings is 1. The average molecular weight is 466 g/mol. The van der Waals surface area contributed by atoms with Crippen LogP contribution < -0.4 is 19.3 Å². The molecule has 3 rings (SSSR count). The highest BCUT2D eigenvalue weighted by Gasteiger charge is 2.22. The van der Waals surface area contributed by atoms with Gasteiger partial charge in [0.1, 0.15) is 12.3 Å². The fourth-order valence-corrected chi connectivity index (χ4v) is 4.67. The number of amides is 1. The third-order valence-corrected chi connectivity index (χ3v) is 6.69. The number of benzene rings is 2. The van der Waals surface area contributed by atoms with Crippen LogP contribution >= 0.6 is 11.6 Å². The van der Waals surface area contributed by atoms with Crippen LogP contribution in [0.5, 0.6) is 5.75 Å². The lowest BCUT2D eigenvalue weighted by atomic mass is 10.1. The van der Waals surface area contributed by atoms with Crippen molar-refractivity contribution in [2.75, 3.05) is 42.2 Å². The van der Waals surface area contributed by atoms with E-state index in [2.05, 4.69) is 22.3 Å². The van der Waals surface area contributed by atoms with E-state index in [-0.39, 0.29) is 11.6 Å². The van der Waals surface area contributed by atoms with Crippen LogP contribution in [0.3, 0.4) is 0 Å². The number of methoxy groups -OCH3 is 1. The van der Waals surface area contributed by atoms with Crippen LogP contribution in [-0.4, -0.2) is 47.3 Å². The van der Waals surface area contributed by atoms with Gasteiger partial charge in [-0.1, -0.05) is 23.7 Å². The molecular weight excluding hydrogens is 438 g/mol. The summed E-state index contributed by atoms with van der Waals surface area (Å²) in [5.74, 6) is 0.0220. The molecule has 7 nitrogen and oxygen atoms in total.